The van der Waals surface area contributed by atoms with Gasteiger partial charge in [0.2, 0.25) is 0 Å². The number of furan rings is 1. The van der Waals surface area contributed by atoms with Crippen molar-refractivity contribution in [1.82, 2.24) is 9.78 Å². The summed E-state index contributed by atoms with van der Waals surface area (Å²) in [5, 5.41) is 9.49. The monoisotopic (exact) mass is 410 g/mol. The lowest BCUT2D eigenvalue weighted by Crippen LogP contribution is -2.31. The number of esters is 1. The zero-order valence-corrected chi connectivity index (χ0v) is 16.8. The third-order valence-electron chi connectivity index (χ3n) is 4.19. The number of aromatic nitrogens is 2. The molecular formula is C21H22N4O5. The number of hydrogen-bond acceptors (Lipinski definition) is 6. The van der Waals surface area contributed by atoms with Crippen molar-refractivity contribution in [2.45, 2.75) is 32.9 Å². The number of benzene rings is 1. The van der Waals surface area contributed by atoms with E-state index in [0.717, 1.165) is 0 Å². The van der Waals surface area contributed by atoms with Crippen molar-refractivity contribution in [3.05, 3.63) is 66.2 Å². The van der Waals surface area contributed by atoms with Gasteiger partial charge in [-0.25, -0.2) is 9.48 Å². The van der Waals surface area contributed by atoms with Crippen LogP contribution in [0.1, 0.15) is 47.7 Å². The van der Waals surface area contributed by atoms with Gasteiger partial charge in [0.05, 0.1) is 18.0 Å². The fraction of sp³-hybridized carbons (Fsp3) is 0.238. The van der Waals surface area contributed by atoms with E-state index in [1.54, 1.807) is 41.2 Å². The maximum Gasteiger partial charge on any atom is 0.338 e. The minimum absolute atomic E-state index is 0.0694. The first-order chi connectivity index (χ1) is 14.3. The van der Waals surface area contributed by atoms with Gasteiger partial charge in [-0.05, 0) is 57.2 Å². The molecule has 156 valence electrons. The predicted molar refractivity (Wildman–Crippen MR) is 109 cm³/mol. The Morgan fingerprint density at radius 3 is 2.40 bits per heavy atom. The molecule has 0 aliphatic heterocycles. The van der Waals surface area contributed by atoms with Crippen LogP contribution >= 0.6 is 0 Å². The summed E-state index contributed by atoms with van der Waals surface area (Å²) in [4.78, 5) is 36.7. The van der Waals surface area contributed by atoms with Gasteiger partial charge in [0.25, 0.3) is 11.8 Å². The van der Waals surface area contributed by atoms with Gasteiger partial charge >= 0.3 is 5.97 Å². The van der Waals surface area contributed by atoms with Crippen LogP contribution in [0.2, 0.25) is 0 Å². The van der Waals surface area contributed by atoms with Crippen LogP contribution in [0.5, 0.6) is 0 Å². The van der Waals surface area contributed by atoms with Crippen molar-refractivity contribution < 1.29 is 23.5 Å². The average molecular weight is 410 g/mol. The van der Waals surface area contributed by atoms with Crippen LogP contribution in [0.15, 0.2) is 59.3 Å². The maximum absolute atomic E-state index is 12.4. The second kappa shape index (κ2) is 9.08. The molecule has 2 N–H and O–H groups in total. The average Bonchev–Trinajstić information content (AvgIpc) is 3.40. The van der Waals surface area contributed by atoms with Crippen molar-refractivity contribution in [3.8, 4) is 0 Å². The number of nitrogens with one attached hydrogen (secondary N) is 2. The van der Waals surface area contributed by atoms with Gasteiger partial charge in [0.1, 0.15) is 5.82 Å². The highest BCUT2D eigenvalue weighted by Gasteiger charge is 2.21. The number of ether oxygens (including phenoxy) is 1. The molecule has 0 spiro atoms. The third kappa shape index (κ3) is 4.93. The van der Waals surface area contributed by atoms with E-state index < -0.39 is 23.9 Å². The van der Waals surface area contributed by atoms with E-state index in [4.69, 9.17) is 9.15 Å². The highest BCUT2D eigenvalue weighted by atomic mass is 16.5. The lowest BCUT2D eigenvalue weighted by Gasteiger charge is -2.16. The van der Waals surface area contributed by atoms with E-state index in [1.807, 2.05) is 13.8 Å². The predicted octanol–water partition coefficient (Wildman–Crippen LogP) is 3.49. The van der Waals surface area contributed by atoms with E-state index in [9.17, 15) is 14.4 Å². The molecule has 1 atom stereocenters. The molecule has 2 heterocycles. The molecule has 30 heavy (non-hydrogen) atoms. The number of amides is 2. The van der Waals surface area contributed by atoms with E-state index in [2.05, 4.69) is 15.7 Å². The Labute approximate surface area is 173 Å². The molecule has 0 fully saturated rings. The topological polar surface area (TPSA) is 115 Å². The molecule has 0 aliphatic rings. The summed E-state index contributed by atoms with van der Waals surface area (Å²) >= 11 is 0. The van der Waals surface area contributed by atoms with Crippen molar-refractivity contribution in [3.63, 3.8) is 0 Å². The van der Waals surface area contributed by atoms with E-state index in [-0.39, 0.29) is 17.4 Å². The largest absolute Gasteiger partial charge is 0.459 e. The number of nitrogens with zero attached hydrogens (tertiary/aromatic N) is 2. The van der Waals surface area contributed by atoms with Crippen LogP contribution in [0.4, 0.5) is 11.5 Å². The van der Waals surface area contributed by atoms with Crippen LogP contribution in [0.3, 0.4) is 0 Å². The van der Waals surface area contributed by atoms with Gasteiger partial charge in [0, 0.05) is 17.8 Å². The molecule has 2 amide bonds. The summed E-state index contributed by atoms with van der Waals surface area (Å²) in [6.45, 7) is 5.36. The second-order valence-electron chi connectivity index (χ2n) is 6.80. The molecule has 0 radical (unpaired) electrons. The first-order valence-corrected chi connectivity index (χ1v) is 9.35. The summed E-state index contributed by atoms with van der Waals surface area (Å²) < 4.78 is 11.9. The Morgan fingerprint density at radius 2 is 1.77 bits per heavy atom. The summed E-state index contributed by atoms with van der Waals surface area (Å²) in [7, 11) is 0. The highest BCUT2D eigenvalue weighted by Crippen LogP contribution is 2.15. The molecule has 2 aromatic heterocycles. The standard InChI is InChI=1S/C21H22N4O5/c1-13(2)25-18(10-11-22-25)24-19(26)14(3)30-21(28)15-6-8-16(9-7-15)23-20(27)17-5-4-12-29-17/h4-14H,1-3H3,(H,23,27)(H,24,26)/t14-/m1/s1. The number of rotatable bonds is 7. The molecule has 3 rings (SSSR count). The van der Waals surface area contributed by atoms with Crippen molar-refractivity contribution in [2.75, 3.05) is 10.6 Å². The molecule has 0 saturated heterocycles. The van der Waals surface area contributed by atoms with Crippen LogP contribution in [0, 0.1) is 0 Å². The lowest BCUT2D eigenvalue weighted by molar-refractivity contribution is -0.123. The zero-order valence-electron chi connectivity index (χ0n) is 16.8. The number of carbonyl (C=O) groups is 3. The SMILES string of the molecule is CC(C)n1nccc1NC(=O)[C@@H](C)OC(=O)c1ccc(NC(=O)c2ccco2)cc1. The summed E-state index contributed by atoms with van der Waals surface area (Å²) in [6, 6.07) is 11.0. The molecule has 9 heteroatoms. The maximum atomic E-state index is 12.4. The molecule has 0 aliphatic carbocycles. The van der Waals surface area contributed by atoms with Gasteiger partial charge in [-0.2, -0.15) is 5.10 Å². The van der Waals surface area contributed by atoms with Crippen molar-refractivity contribution in [2.24, 2.45) is 0 Å². The fourth-order valence-corrected chi connectivity index (χ4v) is 2.62. The molecule has 9 nitrogen and oxygen atoms in total. The van der Waals surface area contributed by atoms with E-state index in [0.29, 0.717) is 11.5 Å². The Morgan fingerprint density at radius 1 is 1.03 bits per heavy atom. The summed E-state index contributed by atoms with van der Waals surface area (Å²) in [6.07, 6.45) is 1.98. The van der Waals surface area contributed by atoms with Gasteiger partial charge < -0.3 is 19.8 Å². The molecule has 0 unspecified atom stereocenters. The minimum Gasteiger partial charge on any atom is -0.459 e. The molecule has 0 bridgehead atoms. The van der Waals surface area contributed by atoms with Gasteiger partial charge in [-0.3, -0.25) is 9.59 Å². The van der Waals surface area contributed by atoms with Crippen molar-refractivity contribution in [1.29, 1.82) is 0 Å². The summed E-state index contributed by atoms with van der Waals surface area (Å²) in [5.41, 5.74) is 0.735. The minimum atomic E-state index is -1.01. The van der Waals surface area contributed by atoms with E-state index >= 15 is 0 Å². The Balaban J connectivity index is 1.56. The van der Waals surface area contributed by atoms with Crippen LogP contribution in [-0.2, 0) is 9.53 Å². The normalized spacial score (nSPS) is 11.7. The highest BCUT2D eigenvalue weighted by molar-refractivity contribution is 6.02. The first kappa shape index (κ1) is 20.8. The number of anilines is 2. The molecule has 3 aromatic rings. The second-order valence-corrected chi connectivity index (χ2v) is 6.80. The van der Waals surface area contributed by atoms with Crippen LogP contribution in [-0.4, -0.2) is 33.7 Å². The smallest absolute Gasteiger partial charge is 0.338 e. The third-order valence-corrected chi connectivity index (χ3v) is 4.19. The molecule has 0 saturated carbocycles. The lowest BCUT2D eigenvalue weighted by atomic mass is 10.2. The van der Waals surface area contributed by atoms with Gasteiger partial charge in [-0.1, -0.05) is 0 Å². The van der Waals surface area contributed by atoms with Gasteiger partial charge in [-0.15, -0.1) is 0 Å². The molecule has 1 aromatic carbocycles. The fourth-order valence-electron chi connectivity index (χ4n) is 2.62. The van der Waals surface area contributed by atoms with Gasteiger partial charge in [0.15, 0.2) is 11.9 Å². The van der Waals surface area contributed by atoms with E-state index in [1.165, 1.54) is 25.3 Å². The zero-order chi connectivity index (χ0) is 21.7. The van der Waals surface area contributed by atoms with Crippen molar-refractivity contribution >= 4 is 29.3 Å². The Bertz CT molecular complexity index is 1020. The quantitative estimate of drug-likeness (QED) is 0.576. The Hall–Kier alpha value is -3.88. The first-order valence-electron chi connectivity index (χ1n) is 9.35. The number of carbonyl (C=O) groups excluding carboxylic acids is 3. The molecular weight excluding hydrogens is 388 g/mol. The van der Waals surface area contributed by atoms with Crippen LogP contribution < -0.4 is 10.6 Å². The van der Waals surface area contributed by atoms with Crippen LogP contribution in [0.25, 0.3) is 0 Å². The Kier molecular flexibility index (Phi) is 6.31. The summed E-state index contributed by atoms with van der Waals surface area (Å²) in [5.74, 6) is -0.819. The number of hydrogen-bond donors (Lipinski definition) is 2.